The van der Waals surface area contributed by atoms with E-state index in [0.29, 0.717) is 6.42 Å². The second-order valence-corrected chi connectivity index (χ2v) is 3.03. The van der Waals surface area contributed by atoms with Crippen molar-refractivity contribution in [2.45, 2.75) is 31.4 Å². The van der Waals surface area contributed by atoms with E-state index in [1.807, 2.05) is 0 Å². The van der Waals surface area contributed by atoms with Crippen LogP contribution in [0.25, 0.3) is 0 Å². The fourth-order valence-electron chi connectivity index (χ4n) is 1.57. The lowest BCUT2D eigenvalue weighted by atomic mass is 9.97. The van der Waals surface area contributed by atoms with E-state index >= 15 is 0 Å². The highest BCUT2D eigenvalue weighted by molar-refractivity contribution is 5.73. The maximum Gasteiger partial charge on any atom is 0.320 e. The summed E-state index contributed by atoms with van der Waals surface area (Å²) < 4.78 is 0. The Morgan fingerprint density at radius 2 is 2.18 bits per heavy atom. The Labute approximate surface area is 65.0 Å². The SMILES string of the molecule is N[C@@H](C(=O)O)[C@H]1CCC[C@H]1O. The van der Waals surface area contributed by atoms with Crippen molar-refractivity contribution in [1.82, 2.24) is 0 Å². The topological polar surface area (TPSA) is 83.6 Å². The number of aliphatic carboxylic acids is 1. The van der Waals surface area contributed by atoms with E-state index in [9.17, 15) is 9.90 Å². The van der Waals surface area contributed by atoms with Crippen molar-refractivity contribution < 1.29 is 15.0 Å². The van der Waals surface area contributed by atoms with Crippen molar-refractivity contribution in [2.24, 2.45) is 11.7 Å². The molecule has 64 valence electrons. The van der Waals surface area contributed by atoms with E-state index in [4.69, 9.17) is 10.8 Å². The molecule has 0 aromatic heterocycles. The minimum atomic E-state index is -1.02. The molecule has 11 heavy (non-hydrogen) atoms. The minimum Gasteiger partial charge on any atom is -0.480 e. The number of aliphatic hydroxyl groups excluding tert-OH is 1. The number of carboxylic acids is 1. The molecular weight excluding hydrogens is 146 g/mol. The van der Waals surface area contributed by atoms with Crippen LogP contribution in [-0.2, 0) is 4.79 Å². The predicted octanol–water partition coefficient (Wildman–Crippen LogP) is -0.441. The van der Waals surface area contributed by atoms with Gasteiger partial charge < -0.3 is 15.9 Å². The fourth-order valence-corrected chi connectivity index (χ4v) is 1.57. The summed E-state index contributed by atoms with van der Waals surface area (Å²) in [6, 6.07) is -0.896. The average molecular weight is 159 g/mol. The first kappa shape index (κ1) is 8.49. The molecule has 0 bridgehead atoms. The van der Waals surface area contributed by atoms with Crippen LogP contribution in [0.15, 0.2) is 0 Å². The highest BCUT2D eigenvalue weighted by Crippen LogP contribution is 2.27. The van der Waals surface area contributed by atoms with Gasteiger partial charge in [-0.25, -0.2) is 0 Å². The van der Waals surface area contributed by atoms with Gasteiger partial charge in [0.2, 0.25) is 0 Å². The van der Waals surface area contributed by atoms with Gasteiger partial charge in [-0.2, -0.15) is 0 Å². The third-order valence-corrected chi connectivity index (χ3v) is 2.28. The molecule has 0 aliphatic heterocycles. The zero-order valence-electron chi connectivity index (χ0n) is 6.23. The van der Waals surface area contributed by atoms with E-state index in [1.54, 1.807) is 0 Å². The Morgan fingerprint density at radius 3 is 2.55 bits per heavy atom. The van der Waals surface area contributed by atoms with Gasteiger partial charge >= 0.3 is 5.97 Å². The van der Waals surface area contributed by atoms with Crippen LogP contribution in [0, 0.1) is 5.92 Å². The van der Waals surface area contributed by atoms with Gasteiger partial charge in [0.05, 0.1) is 6.10 Å². The number of carbonyl (C=O) groups is 1. The molecule has 0 saturated heterocycles. The van der Waals surface area contributed by atoms with Gasteiger partial charge in [-0.05, 0) is 12.8 Å². The van der Waals surface area contributed by atoms with Gasteiger partial charge in [0.1, 0.15) is 6.04 Å². The summed E-state index contributed by atoms with van der Waals surface area (Å²) in [6.07, 6.45) is 1.79. The number of aliphatic hydroxyl groups is 1. The molecule has 1 fully saturated rings. The van der Waals surface area contributed by atoms with Gasteiger partial charge in [0, 0.05) is 5.92 Å². The molecule has 0 amide bonds. The maximum atomic E-state index is 10.4. The summed E-state index contributed by atoms with van der Waals surface area (Å²) in [7, 11) is 0. The number of nitrogens with two attached hydrogens (primary N) is 1. The third kappa shape index (κ3) is 1.70. The van der Waals surface area contributed by atoms with Gasteiger partial charge in [0.15, 0.2) is 0 Å². The van der Waals surface area contributed by atoms with E-state index in [-0.39, 0.29) is 5.92 Å². The molecule has 1 aliphatic carbocycles. The summed E-state index contributed by atoms with van der Waals surface area (Å²) in [6.45, 7) is 0. The van der Waals surface area contributed by atoms with Crippen LogP contribution in [0.5, 0.6) is 0 Å². The quantitative estimate of drug-likeness (QED) is 0.510. The Balaban J connectivity index is 2.52. The van der Waals surface area contributed by atoms with Crippen LogP contribution < -0.4 is 5.73 Å². The summed E-state index contributed by atoms with van der Waals surface area (Å²) in [4.78, 5) is 10.4. The van der Waals surface area contributed by atoms with E-state index < -0.39 is 18.1 Å². The number of hydrogen-bond donors (Lipinski definition) is 3. The lowest BCUT2D eigenvalue weighted by Crippen LogP contribution is -2.41. The number of rotatable bonds is 2. The zero-order valence-corrected chi connectivity index (χ0v) is 6.23. The fraction of sp³-hybridized carbons (Fsp3) is 0.857. The predicted molar refractivity (Wildman–Crippen MR) is 39.0 cm³/mol. The normalized spacial score (nSPS) is 33.6. The van der Waals surface area contributed by atoms with Crippen molar-refractivity contribution in [3.63, 3.8) is 0 Å². The zero-order chi connectivity index (χ0) is 8.43. The van der Waals surface area contributed by atoms with Crippen LogP contribution in [0.2, 0.25) is 0 Å². The highest BCUT2D eigenvalue weighted by atomic mass is 16.4. The van der Waals surface area contributed by atoms with Crippen LogP contribution >= 0.6 is 0 Å². The molecule has 1 aliphatic rings. The molecule has 3 atom stereocenters. The molecule has 0 heterocycles. The summed E-state index contributed by atoms with van der Waals surface area (Å²) in [5.41, 5.74) is 5.35. The van der Waals surface area contributed by atoms with Crippen LogP contribution in [-0.4, -0.2) is 28.3 Å². The summed E-state index contributed by atoms with van der Waals surface area (Å²) >= 11 is 0. The largest absolute Gasteiger partial charge is 0.480 e. The molecule has 0 unspecified atom stereocenters. The lowest BCUT2D eigenvalue weighted by molar-refractivity contribution is -0.140. The first-order valence-corrected chi connectivity index (χ1v) is 3.79. The Kier molecular flexibility index (Phi) is 2.46. The first-order chi connectivity index (χ1) is 5.13. The first-order valence-electron chi connectivity index (χ1n) is 3.79. The van der Waals surface area contributed by atoms with Crippen molar-refractivity contribution >= 4 is 5.97 Å². The Bertz CT molecular complexity index is 160. The van der Waals surface area contributed by atoms with Gasteiger partial charge in [-0.15, -0.1) is 0 Å². The molecule has 1 rings (SSSR count). The molecular formula is C7H13NO3. The van der Waals surface area contributed by atoms with Crippen LogP contribution in [0.1, 0.15) is 19.3 Å². The van der Waals surface area contributed by atoms with Gasteiger partial charge in [-0.1, -0.05) is 6.42 Å². The standard InChI is InChI=1S/C7H13NO3/c8-6(7(10)11)4-2-1-3-5(4)9/h4-6,9H,1-3,8H2,(H,10,11)/t4-,5+,6+/m0/s1. The smallest absolute Gasteiger partial charge is 0.320 e. The van der Waals surface area contributed by atoms with E-state index in [2.05, 4.69) is 0 Å². The summed E-state index contributed by atoms with van der Waals surface area (Å²) in [5, 5.41) is 17.8. The average Bonchev–Trinajstić information content (AvgIpc) is 2.33. The van der Waals surface area contributed by atoms with Crippen molar-refractivity contribution in [1.29, 1.82) is 0 Å². The van der Waals surface area contributed by atoms with Crippen molar-refractivity contribution in [2.75, 3.05) is 0 Å². The Hall–Kier alpha value is -0.610. The molecule has 0 aromatic carbocycles. The van der Waals surface area contributed by atoms with Crippen LogP contribution in [0.4, 0.5) is 0 Å². The Morgan fingerprint density at radius 1 is 1.55 bits per heavy atom. The molecule has 0 spiro atoms. The maximum absolute atomic E-state index is 10.4. The minimum absolute atomic E-state index is 0.243. The molecule has 0 radical (unpaired) electrons. The number of carboxylic acid groups (broad SMARTS) is 1. The van der Waals surface area contributed by atoms with Gasteiger partial charge in [0.25, 0.3) is 0 Å². The number of hydrogen-bond acceptors (Lipinski definition) is 3. The third-order valence-electron chi connectivity index (χ3n) is 2.28. The monoisotopic (exact) mass is 159 g/mol. The molecule has 4 nitrogen and oxygen atoms in total. The molecule has 4 N–H and O–H groups in total. The van der Waals surface area contributed by atoms with Gasteiger partial charge in [-0.3, -0.25) is 4.79 Å². The second kappa shape index (κ2) is 3.19. The highest BCUT2D eigenvalue weighted by Gasteiger charge is 2.33. The van der Waals surface area contributed by atoms with Crippen LogP contribution in [0.3, 0.4) is 0 Å². The van der Waals surface area contributed by atoms with Crippen molar-refractivity contribution in [3.8, 4) is 0 Å². The second-order valence-electron chi connectivity index (χ2n) is 3.03. The van der Waals surface area contributed by atoms with E-state index in [0.717, 1.165) is 12.8 Å². The summed E-state index contributed by atoms with van der Waals surface area (Å²) in [5.74, 6) is -1.26. The van der Waals surface area contributed by atoms with E-state index in [1.165, 1.54) is 0 Å². The molecule has 4 heteroatoms. The van der Waals surface area contributed by atoms with Crippen molar-refractivity contribution in [3.05, 3.63) is 0 Å². The lowest BCUT2D eigenvalue weighted by Gasteiger charge is -2.17. The molecule has 1 saturated carbocycles. The molecule has 0 aromatic rings.